The summed E-state index contributed by atoms with van der Waals surface area (Å²) in [6, 6.07) is 3.69. The van der Waals surface area contributed by atoms with Gasteiger partial charge in [-0.05, 0) is 25.0 Å². The highest BCUT2D eigenvalue weighted by Crippen LogP contribution is 2.34. The van der Waals surface area contributed by atoms with Crippen molar-refractivity contribution >= 4 is 17.3 Å². The Morgan fingerprint density at radius 2 is 2.11 bits per heavy atom. The van der Waals surface area contributed by atoms with E-state index in [1.165, 1.54) is 12.1 Å². The summed E-state index contributed by atoms with van der Waals surface area (Å²) < 4.78 is 13.1. The van der Waals surface area contributed by atoms with Crippen molar-refractivity contribution < 1.29 is 14.1 Å². The monoisotopic (exact) mass is 265 g/mol. The van der Waals surface area contributed by atoms with Gasteiger partial charge in [-0.3, -0.25) is 14.9 Å². The summed E-state index contributed by atoms with van der Waals surface area (Å²) in [5.41, 5.74) is -0.00616. The second-order valence-electron chi connectivity index (χ2n) is 4.82. The molecule has 1 aromatic carbocycles. The Balaban J connectivity index is 1.90. The van der Waals surface area contributed by atoms with Crippen LogP contribution in [-0.2, 0) is 4.79 Å². The quantitative estimate of drug-likeness (QED) is 0.613. The van der Waals surface area contributed by atoms with Crippen molar-refractivity contribution in [3.8, 4) is 0 Å². The van der Waals surface area contributed by atoms with Crippen molar-refractivity contribution in [3.05, 3.63) is 34.1 Å². The van der Waals surface area contributed by atoms with Gasteiger partial charge in [0.15, 0.2) is 0 Å². The number of nitro benzene ring substituents is 1. The average molecular weight is 265 g/mol. The van der Waals surface area contributed by atoms with E-state index in [-0.39, 0.29) is 24.2 Å². The van der Waals surface area contributed by atoms with Gasteiger partial charge in [-0.2, -0.15) is 0 Å². The molecule has 1 aliphatic carbocycles. The summed E-state index contributed by atoms with van der Waals surface area (Å²) in [4.78, 5) is 25.5. The Bertz CT molecular complexity index is 559. The molecule has 100 valence electrons. The molecular formula is C12H12FN3O3. The molecule has 1 saturated carbocycles. The van der Waals surface area contributed by atoms with Gasteiger partial charge in [-0.15, -0.1) is 0 Å². The first-order valence-corrected chi connectivity index (χ1v) is 6.04. The molecule has 1 amide bonds. The van der Waals surface area contributed by atoms with Crippen molar-refractivity contribution in [2.24, 2.45) is 0 Å². The fourth-order valence-corrected chi connectivity index (χ4v) is 2.34. The number of rotatable bonds is 3. The van der Waals surface area contributed by atoms with Crippen molar-refractivity contribution in [3.63, 3.8) is 0 Å². The van der Waals surface area contributed by atoms with E-state index in [0.717, 1.165) is 18.9 Å². The molecule has 0 aromatic heterocycles. The van der Waals surface area contributed by atoms with E-state index in [4.69, 9.17) is 0 Å². The van der Waals surface area contributed by atoms with Crippen LogP contribution in [0.3, 0.4) is 0 Å². The lowest BCUT2D eigenvalue weighted by molar-refractivity contribution is -0.384. The Labute approximate surface area is 108 Å². The molecule has 0 bridgehead atoms. The number of halogens is 1. The average Bonchev–Trinajstić information content (AvgIpc) is 3.13. The predicted octanol–water partition coefficient (Wildman–Crippen LogP) is 1.50. The molecule has 0 atom stereocenters. The molecule has 2 fully saturated rings. The van der Waals surface area contributed by atoms with Crippen LogP contribution in [0.5, 0.6) is 0 Å². The smallest absolute Gasteiger partial charge is 0.295 e. The minimum atomic E-state index is -0.653. The van der Waals surface area contributed by atoms with Gasteiger partial charge in [0.25, 0.3) is 5.69 Å². The maximum absolute atomic E-state index is 13.1. The number of anilines is 1. The lowest BCUT2D eigenvalue weighted by Gasteiger charge is -2.19. The van der Waals surface area contributed by atoms with Gasteiger partial charge in [0, 0.05) is 6.04 Å². The molecule has 6 nitrogen and oxygen atoms in total. The van der Waals surface area contributed by atoms with E-state index in [2.05, 4.69) is 0 Å². The third-order valence-electron chi connectivity index (χ3n) is 3.43. The number of carbonyl (C=O) groups excluding carboxylic acids is 1. The predicted molar refractivity (Wildman–Crippen MR) is 65.1 cm³/mol. The molecule has 1 aliphatic heterocycles. The van der Waals surface area contributed by atoms with Crippen LogP contribution < -0.4 is 4.90 Å². The standard InChI is InChI=1S/C12H12FN3O3/c13-8-1-4-10(11(5-8)16(18)19)14-6-12(17)15(7-14)9-2-3-9/h1,4-5,9H,2-3,6-7H2. The molecule has 2 aliphatic rings. The van der Waals surface area contributed by atoms with Gasteiger partial charge in [-0.25, -0.2) is 4.39 Å². The summed E-state index contributed by atoms with van der Waals surface area (Å²) in [5.74, 6) is -0.679. The van der Waals surface area contributed by atoms with Crippen LogP contribution in [0.1, 0.15) is 12.8 Å². The van der Waals surface area contributed by atoms with Crippen LogP contribution >= 0.6 is 0 Å². The molecule has 1 heterocycles. The van der Waals surface area contributed by atoms with E-state index in [1.54, 1.807) is 9.80 Å². The Hall–Kier alpha value is -2.18. The molecule has 19 heavy (non-hydrogen) atoms. The lowest BCUT2D eigenvalue weighted by atomic mass is 10.2. The van der Waals surface area contributed by atoms with E-state index in [0.29, 0.717) is 12.4 Å². The van der Waals surface area contributed by atoms with Gasteiger partial charge in [0.05, 0.1) is 24.2 Å². The molecule has 0 N–H and O–H groups in total. The maximum atomic E-state index is 13.1. The normalized spacial score (nSPS) is 19.1. The zero-order valence-corrected chi connectivity index (χ0v) is 10.1. The molecule has 1 saturated heterocycles. The molecule has 7 heteroatoms. The van der Waals surface area contributed by atoms with Crippen LogP contribution in [0.2, 0.25) is 0 Å². The summed E-state index contributed by atoms with van der Waals surface area (Å²) in [5, 5.41) is 11.0. The van der Waals surface area contributed by atoms with E-state index >= 15 is 0 Å². The Kier molecular flexibility index (Phi) is 2.62. The van der Waals surface area contributed by atoms with Crippen molar-refractivity contribution in [1.29, 1.82) is 0 Å². The number of hydrogen-bond acceptors (Lipinski definition) is 4. The number of nitro groups is 1. The summed E-state index contributed by atoms with van der Waals surface area (Å²) >= 11 is 0. The SMILES string of the molecule is O=C1CN(c2ccc(F)cc2[N+](=O)[O-])CN1C1CC1. The van der Waals surface area contributed by atoms with E-state index < -0.39 is 10.7 Å². The zero-order valence-electron chi connectivity index (χ0n) is 10.1. The minimum absolute atomic E-state index is 0.0267. The highest BCUT2D eigenvalue weighted by molar-refractivity contribution is 5.86. The number of carbonyl (C=O) groups is 1. The third kappa shape index (κ3) is 2.11. The Morgan fingerprint density at radius 1 is 1.37 bits per heavy atom. The maximum Gasteiger partial charge on any atom is 0.295 e. The summed E-state index contributed by atoms with van der Waals surface area (Å²) in [6.07, 6.45) is 1.98. The van der Waals surface area contributed by atoms with Gasteiger partial charge >= 0.3 is 0 Å². The van der Waals surface area contributed by atoms with Crippen LogP contribution in [0.4, 0.5) is 15.8 Å². The van der Waals surface area contributed by atoms with Gasteiger partial charge < -0.3 is 9.80 Å². The van der Waals surface area contributed by atoms with Gasteiger partial charge in [0.2, 0.25) is 5.91 Å². The molecule has 0 radical (unpaired) electrons. The van der Waals surface area contributed by atoms with Crippen molar-refractivity contribution in [1.82, 2.24) is 4.90 Å². The second-order valence-corrected chi connectivity index (χ2v) is 4.82. The first-order valence-electron chi connectivity index (χ1n) is 6.04. The molecular weight excluding hydrogens is 253 g/mol. The van der Waals surface area contributed by atoms with Crippen LogP contribution in [0.25, 0.3) is 0 Å². The number of nitrogens with zero attached hydrogens (tertiary/aromatic N) is 3. The lowest BCUT2D eigenvalue weighted by Crippen LogP contribution is -2.29. The largest absolute Gasteiger partial charge is 0.339 e. The zero-order chi connectivity index (χ0) is 13.6. The molecule has 1 aromatic rings. The minimum Gasteiger partial charge on any atom is -0.339 e. The molecule has 3 rings (SSSR count). The number of benzene rings is 1. The fourth-order valence-electron chi connectivity index (χ4n) is 2.34. The van der Waals surface area contributed by atoms with Gasteiger partial charge in [0.1, 0.15) is 11.5 Å². The second kappa shape index (κ2) is 4.18. The van der Waals surface area contributed by atoms with Crippen molar-refractivity contribution in [2.75, 3.05) is 18.1 Å². The first-order chi connectivity index (χ1) is 9.06. The first kappa shape index (κ1) is 11.9. The van der Waals surface area contributed by atoms with Gasteiger partial charge in [-0.1, -0.05) is 0 Å². The van der Waals surface area contributed by atoms with Crippen LogP contribution in [0, 0.1) is 15.9 Å². The summed E-state index contributed by atoms with van der Waals surface area (Å²) in [6.45, 7) is 0.457. The number of amides is 1. The van der Waals surface area contributed by atoms with Crippen LogP contribution in [0.15, 0.2) is 18.2 Å². The third-order valence-corrected chi connectivity index (χ3v) is 3.43. The Morgan fingerprint density at radius 3 is 2.74 bits per heavy atom. The fraction of sp³-hybridized carbons (Fsp3) is 0.417. The summed E-state index contributed by atoms with van der Waals surface area (Å²) in [7, 11) is 0. The highest BCUT2D eigenvalue weighted by Gasteiger charge is 2.39. The van der Waals surface area contributed by atoms with Crippen LogP contribution in [-0.4, -0.2) is 35.0 Å². The van der Waals surface area contributed by atoms with Crippen molar-refractivity contribution in [2.45, 2.75) is 18.9 Å². The highest BCUT2D eigenvalue weighted by atomic mass is 19.1. The topological polar surface area (TPSA) is 66.7 Å². The molecule has 0 spiro atoms. The molecule has 0 unspecified atom stereocenters. The van der Waals surface area contributed by atoms with E-state index in [1.807, 2.05) is 0 Å². The van der Waals surface area contributed by atoms with E-state index in [9.17, 15) is 19.3 Å². The number of hydrogen-bond donors (Lipinski definition) is 0.